The van der Waals surface area contributed by atoms with E-state index in [1.54, 1.807) is 6.07 Å². The Balaban J connectivity index is 1.80. The number of alkyl halides is 3. The molecule has 0 radical (unpaired) electrons. The molecule has 1 aliphatic rings. The van der Waals surface area contributed by atoms with E-state index < -0.39 is 15.6 Å². The molecule has 0 saturated heterocycles. The zero-order valence-electron chi connectivity index (χ0n) is 14.3. The van der Waals surface area contributed by atoms with Crippen molar-refractivity contribution < 1.29 is 30.2 Å². The van der Waals surface area contributed by atoms with Crippen LogP contribution in [-0.4, -0.2) is 13.9 Å². The third-order valence-corrected chi connectivity index (χ3v) is 5.61. The maximum Gasteiger partial charge on any atom is 0.534 e. The molecule has 0 N–H and O–H groups in total. The topological polar surface area (TPSA) is 56.5 Å². The Morgan fingerprint density at radius 1 is 1.07 bits per heavy atom. The second-order valence-corrected chi connectivity index (χ2v) is 8.10. The van der Waals surface area contributed by atoms with Gasteiger partial charge in [-0.25, -0.2) is 0 Å². The average Bonchev–Trinajstić information content (AvgIpc) is 2.81. The molecule has 1 heterocycles. The van der Waals surface area contributed by atoms with E-state index in [1.165, 1.54) is 12.1 Å². The molecule has 4 nitrogen and oxygen atoms in total. The molecule has 0 fully saturated rings. The Kier molecular flexibility index (Phi) is 3.99. The van der Waals surface area contributed by atoms with E-state index in [4.69, 9.17) is 4.42 Å². The summed E-state index contributed by atoms with van der Waals surface area (Å²) in [5.41, 5.74) is -1.12. The molecule has 0 saturated carbocycles. The summed E-state index contributed by atoms with van der Waals surface area (Å²) < 4.78 is 70.4. The summed E-state index contributed by atoms with van der Waals surface area (Å²) in [7, 11) is -5.70. The van der Waals surface area contributed by atoms with Crippen LogP contribution in [0.3, 0.4) is 0 Å². The van der Waals surface area contributed by atoms with E-state index in [-0.39, 0.29) is 5.75 Å². The van der Waals surface area contributed by atoms with Gasteiger partial charge >= 0.3 is 15.6 Å². The predicted molar refractivity (Wildman–Crippen MR) is 94.0 cm³/mol. The molecule has 0 unspecified atom stereocenters. The molecule has 2 aromatic carbocycles. The van der Waals surface area contributed by atoms with Crippen molar-refractivity contribution in [2.45, 2.75) is 31.7 Å². The second-order valence-electron chi connectivity index (χ2n) is 6.57. The first-order valence-corrected chi connectivity index (χ1v) is 9.72. The highest BCUT2D eigenvalue weighted by atomic mass is 32.2. The number of hydrogen-bond acceptors (Lipinski definition) is 4. The molecule has 0 aliphatic heterocycles. The third kappa shape index (κ3) is 3.07. The minimum absolute atomic E-state index is 0.360. The van der Waals surface area contributed by atoms with Crippen LogP contribution in [0.15, 0.2) is 40.8 Å². The van der Waals surface area contributed by atoms with Crippen LogP contribution in [0.25, 0.3) is 22.3 Å². The van der Waals surface area contributed by atoms with Gasteiger partial charge in [-0.15, -0.1) is 0 Å². The van der Waals surface area contributed by atoms with Gasteiger partial charge < -0.3 is 8.60 Å². The summed E-state index contributed by atoms with van der Waals surface area (Å²) in [5, 5.41) is 1.03. The molecule has 0 bridgehead atoms. The Hall–Kier alpha value is -2.48. The van der Waals surface area contributed by atoms with Crippen molar-refractivity contribution in [1.82, 2.24) is 0 Å². The normalized spacial score (nSPS) is 14.5. The zero-order valence-corrected chi connectivity index (χ0v) is 15.1. The van der Waals surface area contributed by atoms with Crippen molar-refractivity contribution >= 4 is 21.1 Å². The number of fused-ring (bicyclic) bond motifs is 5. The molecular formula is C19H15F3O4S. The molecule has 1 aromatic heterocycles. The van der Waals surface area contributed by atoms with Gasteiger partial charge in [-0.2, -0.15) is 21.6 Å². The van der Waals surface area contributed by atoms with E-state index in [0.29, 0.717) is 17.7 Å². The van der Waals surface area contributed by atoms with E-state index in [9.17, 15) is 21.6 Å². The van der Waals surface area contributed by atoms with Gasteiger partial charge in [-0.05, 0) is 62.1 Å². The Morgan fingerprint density at radius 3 is 2.59 bits per heavy atom. The largest absolute Gasteiger partial charge is 0.534 e. The van der Waals surface area contributed by atoms with Crippen molar-refractivity contribution in [3.63, 3.8) is 0 Å². The Bertz CT molecular complexity index is 1140. The standard InChI is InChI=1S/C19H15F3O4S/c1-11-5-8-17-16(9-11)15-4-2-3-12-10-13(6-7-14(12)18(15)25-17)26-27(23,24)19(20,21)22/h5-10H,2-4H2,1H3. The summed E-state index contributed by atoms with van der Waals surface area (Å²) in [6, 6.07) is 10.0. The first-order chi connectivity index (χ1) is 12.7. The molecule has 1 aliphatic carbocycles. The van der Waals surface area contributed by atoms with Crippen molar-refractivity contribution in [2.24, 2.45) is 0 Å². The number of halogens is 3. The van der Waals surface area contributed by atoms with E-state index in [1.807, 2.05) is 19.1 Å². The summed E-state index contributed by atoms with van der Waals surface area (Å²) in [6.45, 7) is 1.99. The van der Waals surface area contributed by atoms with Crippen molar-refractivity contribution in [3.8, 4) is 17.1 Å². The van der Waals surface area contributed by atoms with Crippen LogP contribution in [-0.2, 0) is 23.0 Å². The fourth-order valence-electron chi connectivity index (χ4n) is 3.41. The number of furan rings is 1. The minimum atomic E-state index is -5.70. The summed E-state index contributed by atoms with van der Waals surface area (Å²) in [5.74, 6) is 0.315. The highest BCUT2D eigenvalue weighted by molar-refractivity contribution is 7.88. The Labute approximate surface area is 153 Å². The maximum atomic E-state index is 12.5. The molecule has 0 atom stereocenters. The van der Waals surface area contributed by atoms with Crippen LogP contribution in [0, 0.1) is 6.92 Å². The van der Waals surface area contributed by atoms with Crippen LogP contribution in [0.4, 0.5) is 13.2 Å². The fourth-order valence-corrected chi connectivity index (χ4v) is 3.86. The summed E-state index contributed by atoms with van der Waals surface area (Å²) in [4.78, 5) is 0. The third-order valence-electron chi connectivity index (χ3n) is 4.63. The van der Waals surface area contributed by atoms with Gasteiger partial charge in [0.05, 0.1) is 0 Å². The maximum absolute atomic E-state index is 12.5. The number of hydrogen-bond donors (Lipinski definition) is 0. The van der Waals surface area contributed by atoms with Crippen molar-refractivity contribution in [2.75, 3.05) is 0 Å². The molecule has 142 valence electrons. The smallest absolute Gasteiger partial charge is 0.456 e. The van der Waals surface area contributed by atoms with Gasteiger partial charge in [-0.3, -0.25) is 0 Å². The molecule has 27 heavy (non-hydrogen) atoms. The second kappa shape index (κ2) is 6.02. The Morgan fingerprint density at radius 2 is 1.85 bits per heavy atom. The minimum Gasteiger partial charge on any atom is -0.456 e. The number of benzene rings is 2. The van der Waals surface area contributed by atoms with Crippen LogP contribution in [0.5, 0.6) is 5.75 Å². The fraction of sp³-hybridized carbons (Fsp3) is 0.263. The molecule has 0 amide bonds. The van der Waals surface area contributed by atoms with Crippen LogP contribution >= 0.6 is 0 Å². The molecule has 8 heteroatoms. The average molecular weight is 396 g/mol. The lowest BCUT2D eigenvalue weighted by atomic mass is 10.0. The SMILES string of the molecule is Cc1ccc2oc3c(c2c1)CCCc1cc(OS(=O)(=O)C(F)(F)F)ccc1-3. The van der Waals surface area contributed by atoms with Gasteiger partial charge in [0.1, 0.15) is 17.1 Å². The predicted octanol–water partition coefficient (Wildman–Crippen LogP) is 5.13. The first kappa shape index (κ1) is 17.9. The molecule has 4 rings (SSSR count). The van der Waals surface area contributed by atoms with Crippen LogP contribution in [0.1, 0.15) is 23.1 Å². The van der Waals surface area contributed by atoms with Gasteiger partial charge in [0, 0.05) is 16.5 Å². The number of aryl methyl sites for hydroxylation is 3. The van der Waals surface area contributed by atoms with Gasteiger partial charge in [0.25, 0.3) is 0 Å². The van der Waals surface area contributed by atoms with Gasteiger partial charge in [0.2, 0.25) is 0 Å². The quantitative estimate of drug-likeness (QED) is 0.445. The van der Waals surface area contributed by atoms with E-state index in [0.717, 1.165) is 40.5 Å². The first-order valence-electron chi connectivity index (χ1n) is 8.32. The lowest BCUT2D eigenvalue weighted by Crippen LogP contribution is -2.28. The monoisotopic (exact) mass is 396 g/mol. The van der Waals surface area contributed by atoms with Gasteiger partial charge in [0.15, 0.2) is 0 Å². The highest BCUT2D eigenvalue weighted by Gasteiger charge is 2.48. The van der Waals surface area contributed by atoms with E-state index in [2.05, 4.69) is 10.2 Å². The van der Waals surface area contributed by atoms with Gasteiger partial charge in [-0.1, -0.05) is 11.6 Å². The summed E-state index contributed by atoms with van der Waals surface area (Å²) >= 11 is 0. The number of rotatable bonds is 2. The summed E-state index contributed by atoms with van der Waals surface area (Å²) in [6.07, 6.45) is 2.10. The highest BCUT2D eigenvalue weighted by Crippen LogP contribution is 2.40. The van der Waals surface area contributed by atoms with Crippen LogP contribution < -0.4 is 4.18 Å². The molecule has 3 aromatic rings. The lowest BCUT2D eigenvalue weighted by molar-refractivity contribution is -0.0500. The molecule has 0 spiro atoms. The zero-order chi connectivity index (χ0) is 19.4. The van der Waals surface area contributed by atoms with E-state index >= 15 is 0 Å². The van der Waals surface area contributed by atoms with Crippen LogP contribution in [0.2, 0.25) is 0 Å². The van der Waals surface area contributed by atoms with Crippen molar-refractivity contribution in [3.05, 3.63) is 53.1 Å². The van der Waals surface area contributed by atoms with Crippen molar-refractivity contribution in [1.29, 1.82) is 0 Å². The lowest BCUT2D eigenvalue weighted by Gasteiger charge is -2.12. The molecular weight excluding hydrogens is 381 g/mol.